The molecule has 0 radical (unpaired) electrons. The summed E-state index contributed by atoms with van der Waals surface area (Å²) in [5.41, 5.74) is -1.45. The molecule has 0 N–H and O–H groups in total. The molecule has 220 valence electrons. The summed E-state index contributed by atoms with van der Waals surface area (Å²) in [6.07, 6.45) is -10.1. The van der Waals surface area contributed by atoms with E-state index in [0.717, 1.165) is 24.3 Å². The Balaban J connectivity index is 1.23. The van der Waals surface area contributed by atoms with Crippen molar-refractivity contribution in [2.45, 2.75) is 43.6 Å². The zero-order chi connectivity index (χ0) is 30.0. The number of halogens is 6. The molecule has 1 fully saturated rings. The number of aromatic nitrogens is 4. The van der Waals surface area contributed by atoms with Crippen LogP contribution in [0, 0.1) is 0 Å². The van der Waals surface area contributed by atoms with Crippen LogP contribution in [0.5, 0.6) is 0 Å². The molecule has 1 aliphatic heterocycles. The van der Waals surface area contributed by atoms with Gasteiger partial charge in [-0.15, -0.1) is 10.2 Å². The summed E-state index contributed by atoms with van der Waals surface area (Å²) in [5.74, 6) is -0.00100. The lowest BCUT2D eigenvalue weighted by Crippen LogP contribution is -2.45. The number of rotatable bonds is 7. The molecule has 0 aliphatic carbocycles. The topological polar surface area (TPSA) is 94.2 Å². The van der Waals surface area contributed by atoms with Crippen LogP contribution >= 0.6 is 0 Å². The highest BCUT2D eigenvalue weighted by atomic mass is 19.4. The minimum atomic E-state index is -4.58. The van der Waals surface area contributed by atoms with Crippen LogP contribution in [-0.2, 0) is 22.9 Å². The van der Waals surface area contributed by atoms with Gasteiger partial charge >= 0.3 is 18.3 Å². The van der Waals surface area contributed by atoms with Crippen LogP contribution in [0.4, 0.5) is 32.2 Å². The van der Waals surface area contributed by atoms with E-state index in [1.165, 1.54) is 0 Å². The molecule has 8 nitrogen and oxygen atoms in total. The van der Waals surface area contributed by atoms with E-state index in [-0.39, 0.29) is 55.5 Å². The Labute approximate surface area is 235 Å². The van der Waals surface area contributed by atoms with E-state index in [2.05, 4.69) is 20.3 Å². The maximum Gasteiger partial charge on any atom is 0.416 e. The molecule has 0 atom stereocenters. The summed E-state index contributed by atoms with van der Waals surface area (Å²) in [4.78, 5) is 18.0. The predicted octanol–water partition coefficient (Wildman–Crippen LogP) is 6.39. The lowest BCUT2D eigenvalue weighted by Gasteiger charge is -2.43. The molecule has 0 amide bonds. The second kappa shape index (κ2) is 11.4. The Morgan fingerprint density at radius 1 is 0.905 bits per heavy atom. The Kier molecular flexibility index (Phi) is 7.89. The average molecular weight is 592 g/mol. The van der Waals surface area contributed by atoms with E-state index in [0.29, 0.717) is 11.4 Å². The molecule has 5 rings (SSSR count). The summed E-state index contributed by atoms with van der Waals surface area (Å²) in [6.45, 7) is 0.139. The number of benzene rings is 2. The lowest BCUT2D eigenvalue weighted by molar-refractivity contribution is -0.150. The van der Waals surface area contributed by atoms with Gasteiger partial charge in [0, 0.05) is 18.5 Å². The van der Waals surface area contributed by atoms with Crippen LogP contribution in [0.1, 0.15) is 46.6 Å². The summed E-state index contributed by atoms with van der Waals surface area (Å²) in [7, 11) is 0. The zero-order valence-corrected chi connectivity index (χ0v) is 21.8. The number of nitrogens with zero attached hydrogens (tertiary/aromatic N) is 5. The van der Waals surface area contributed by atoms with E-state index >= 15 is 0 Å². The first-order valence-corrected chi connectivity index (χ1v) is 12.8. The number of hydrogen-bond donors (Lipinski definition) is 0. The number of carbonyl (C=O) groups excluding carboxylic acids is 1. The molecular weight excluding hydrogens is 568 g/mol. The van der Waals surface area contributed by atoms with Crippen molar-refractivity contribution in [1.82, 2.24) is 20.3 Å². The van der Waals surface area contributed by atoms with Gasteiger partial charge in [0.25, 0.3) is 5.89 Å². The largest absolute Gasteiger partial charge is 0.454 e. The summed E-state index contributed by atoms with van der Waals surface area (Å²) >= 11 is 0. The van der Waals surface area contributed by atoms with Crippen LogP contribution in [0.3, 0.4) is 0 Å². The van der Waals surface area contributed by atoms with Crippen molar-refractivity contribution < 1.29 is 40.4 Å². The van der Waals surface area contributed by atoms with Crippen molar-refractivity contribution in [3.05, 3.63) is 89.2 Å². The van der Waals surface area contributed by atoms with Gasteiger partial charge in [0.2, 0.25) is 5.82 Å². The average Bonchev–Trinajstić information content (AvgIpc) is 3.45. The van der Waals surface area contributed by atoms with E-state index in [4.69, 9.17) is 9.26 Å². The molecule has 1 aliphatic rings. The number of piperidine rings is 1. The van der Waals surface area contributed by atoms with Gasteiger partial charge < -0.3 is 14.2 Å². The highest BCUT2D eigenvalue weighted by molar-refractivity contribution is 5.89. The molecule has 1 saturated heterocycles. The second-order valence-electron chi connectivity index (χ2n) is 9.87. The first kappa shape index (κ1) is 29.0. The zero-order valence-electron chi connectivity index (χ0n) is 21.8. The summed E-state index contributed by atoms with van der Waals surface area (Å²) < 4.78 is 90.1. The van der Waals surface area contributed by atoms with Crippen LogP contribution in [0.15, 0.2) is 71.3 Å². The van der Waals surface area contributed by atoms with Crippen molar-refractivity contribution in [1.29, 1.82) is 0 Å². The summed E-state index contributed by atoms with van der Waals surface area (Å²) in [5, 5.41) is 12.0. The van der Waals surface area contributed by atoms with E-state index in [9.17, 15) is 31.1 Å². The highest BCUT2D eigenvalue weighted by Gasteiger charge is 2.46. The maximum atomic E-state index is 13.6. The van der Waals surface area contributed by atoms with Crippen LogP contribution in [-0.4, -0.2) is 45.6 Å². The Morgan fingerprint density at radius 2 is 1.60 bits per heavy atom. The molecule has 0 saturated carbocycles. The predicted molar refractivity (Wildman–Crippen MR) is 136 cm³/mol. The monoisotopic (exact) mass is 591 g/mol. The standard InChI is InChI=1S/C28H23F6N5O3/c29-27(30,31)17-26(19-6-8-20(9-7-19)28(32,33)34)12-14-39(15-13-26)23-11-10-21(36-37-23)24-35-22(38-42-24)16-41-25(40)18-4-2-1-3-5-18/h1-11H,12-17H2. The highest BCUT2D eigenvalue weighted by Crippen LogP contribution is 2.45. The first-order chi connectivity index (χ1) is 19.9. The summed E-state index contributed by atoms with van der Waals surface area (Å²) in [6, 6.07) is 15.5. The maximum absolute atomic E-state index is 13.6. The van der Waals surface area contributed by atoms with Gasteiger partial charge in [0.1, 0.15) is 0 Å². The fourth-order valence-electron chi connectivity index (χ4n) is 4.94. The quantitative estimate of drug-likeness (QED) is 0.180. The molecule has 4 aromatic rings. The molecule has 42 heavy (non-hydrogen) atoms. The Hall–Kier alpha value is -4.49. The fourth-order valence-corrected chi connectivity index (χ4v) is 4.94. The third kappa shape index (κ3) is 6.69. The van der Waals surface area contributed by atoms with Crippen LogP contribution in [0.2, 0.25) is 0 Å². The number of hydrogen-bond acceptors (Lipinski definition) is 8. The molecular formula is C28H23F6N5O3. The van der Waals surface area contributed by atoms with Crippen molar-refractivity contribution in [2.24, 2.45) is 0 Å². The number of alkyl halides is 6. The third-order valence-electron chi connectivity index (χ3n) is 7.09. The van der Waals surface area contributed by atoms with Gasteiger partial charge in [0.05, 0.1) is 17.5 Å². The van der Waals surface area contributed by atoms with E-state index < -0.39 is 35.7 Å². The second-order valence-corrected chi connectivity index (χ2v) is 9.87. The molecule has 0 bridgehead atoms. The fraction of sp³-hybridized carbons (Fsp3) is 0.321. The van der Waals surface area contributed by atoms with Gasteiger partial charge in [-0.3, -0.25) is 0 Å². The van der Waals surface area contributed by atoms with Gasteiger partial charge in [-0.2, -0.15) is 31.3 Å². The number of anilines is 1. The third-order valence-corrected chi connectivity index (χ3v) is 7.09. The number of esters is 1. The molecule has 3 heterocycles. The molecule has 14 heteroatoms. The minimum Gasteiger partial charge on any atom is -0.454 e. The van der Waals surface area contributed by atoms with Crippen LogP contribution < -0.4 is 4.90 Å². The molecule has 2 aromatic heterocycles. The smallest absolute Gasteiger partial charge is 0.416 e. The van der Waals surface area contributed by atoms with Crippen LogP contribution in [0.25, 0.3) is 11.6 Å². The van der Waals surface area contributed by atoms with Crippen molar-refractivity contribution in [3.8, 4) is 11.6 Å². The Bertz CT molecular complexity index is 1500. The first-order valence-electron chi connectivity index (χ1n) is 12.8. The van der Waals surface area contributed by atoms with Crippen molar-refractivity contribution in [2.75, 3.05) is 18.0 Å². The van der Waals surface area contributed by atoms with Gasteiger partial charge in [0.15, 0.2) is 18.1 Å². The number of ether oxygens (including phenoxy) is 1. The molecule has 2 aromatic carbocycles. The van der Waals surface area contributed by atoms with Gasteiger partial charge in [-0.05, 0) is 54.8 Å². The van der Waals surface area contributed by atoms with E-state index in [1.807, 2.05) is 0 Å². The minimum absolute atomic E-state index is 0.0324. The SMILES string of the molecule is O=C(OCc1noc(-c2ccc(N3CCC(CC(F)(F)F)(c4ccc(C(F)(F)F)cc4)CC3)nn2)n1)c1ccccc1. The van der Waals surface area contributed by atoms with Gasteiger partial charge in [-0.1, -0.05) is 35.5 Å². The van der Waals surface area contributed by atoms with Crippen molar-refractivity contribution >= 4 is 11.8 Å². The van der Waals surface area contributed by atoms with Crippen molar-refractivity contribution in [3.63, 3.8) is 0 Å². The molecule has 0 spiro atoms. The van der Waals surface area contributed by atoms with Gasteiger partial charge in [-0.25, -0.2) is 4.79 Å². The van der Waals surface area contributed by atoms with E-state index in [1.54, 1.807) is 47.4 Å². The normalized spacial score (nSPS) is 15.4. The molecule has 0 unspecified atom stereocenters. The lowest BCUT2D eigenvalue weighted by atomic mass is 9.70. The Morgan fingerprint density at radius 3 is 2.19 bits per heavy atom. The number of carbonyl (C=O) groups is 1.